The van der Waals surface area contributed by atoms with Gasteiger partial charge in [-0.25, -0.2) is 0 Å². The third kappa shape index (κ3) is 3.31. The largest absolute Gasteiger partial charge is 0.338 e. The molecule has 2 unspecified atom stereocenters. The van der Waals surface area contributed by atoms with Crippen LogP contribution >= 0.6 is 11.8 Å². The topological polar surface area (TPSA) is 46.3 Å². The normalized spacial score (nSPS) is 21.2. The summed E-state index contributed by atoms with van der Waals surface area (Å²) in [7, 11) is 0. The van der Waals surface area contributed by atoms with Crippen molar-refractivity contribution in [3.8, 4) is 0 Å². The van der Waals surface area contributed by atoms with Crippen LogP contribution in [0.2, 0.25) is 0 Å². The lowest BCUT2D eigenvalue weighted by molar-refractivity contribution is 0.0657. The number of nitrogens with two attached hydrogens (primary N) is 1. The highest BCUT2D eigenvalue weighted by atomic mass is 32.2. The maximum absolute atomic E-state index is 12.6. The first-order valence-corrected chi connectivity index (χ1v) is 8.04. The summed E-state index contributed by atoms with van der Waals surface area (Å²) >= 11 is 1.62. The van der Waals surface area contributed by atoms with E-state index in [0.717, 1.165) is 36.4 Å². The molecule has 1 aromatic rings. The lowest BCUT2D eigenvalue weighted by Crippen LogP contribution is -2.45. The Labute approximate surface area is 119 Å². The van der Waals surface area contributed by atoms with Crippen molar-refractivity contribution in [2.45, 2.75) is 30.7 Å². The van der Waals surface area contributed by atoms with Crippen LogP contribution in [0.1, 0.15) is 30.1 Å². The minimum Gasteiger partial charge on any atom is -0.338 e. The number of piperidine rings is 1. The molecule has 0 bridgehead atoms. The average molecular weight is 278 g/mol. The van der Waals surface area contributed by atoms with Crippen molar-refractivity contribution in [3.63, 3.8) is 0 Å². The molecule has 2 N–H and O–H groups in total. The van der Waals surface area contributed by atoms with Gasteiger partial charge in [0, 0.05) is 24.0 Å². The number of hydrogen-bond acceptors (Lipinski definition) is 3. The van der Waals surface area contributed by atoms with Gasteiger partial charge in [-0.1, -0.05) is 12.1 Å². The number of likely N-dealkylation sites (tertiary alicyclic amines) is 1. The monoisotopic (exact) mass is 278 g/mol. The van der Waals surface area contributed by atoms with Crippen LogP contribution in [0.15, 0.2) is 29.2 Å². The molecule has 2 rings (SSSR count). The average Bonchev–Trinajstić information content (AvgIpc) is 2.46. The molecule has 1 aliphatic heterocycles. The van der Waals surface area contributed by atoms with Crippen LogP contribution in [0.25, 0.3) is 0 Å². The predicted octanol–water partition coefficient (Wildman–Crippen LogP) is 2.61. The Morgan fingerprint density at radius 2 is 2.21 bits per heavy atom. The van der Waals surface area contributed by atoms with Crippen LogP contribution in [0.4, 0.5) is 0 Å². The third-order valence-corrected chi connectivity index (χ3v) is 4.62. The lowest BCUT2D eigenvalue weighted by Gasteiger charge is -2.35. The van der Waals surface area contributed by atoms with E-state index < -0.39 is 0 Å². The zero-order valence-electron chi connectivity index (χ0n) is 11.6. The second kappa shape index (κ2) is 6.44. The van der Waals surface area contributed by atoms with Gasteiger partial charge >= 0.3 is 0 Å². The predicted molar refractivity (Wildman–Crippen MR) is 80.5 cm³/mol. The SMILES string of the molecule is CSc1ccccc1C(=O)N1CCCC(C(C)N)C1. The van der Waals surface area contributed by atoms with Gasteiger partial charge in [0.2, 0.25) is 0 Å². The van der Waals surface area contributed by atoms with E-state index >= 15 is 0 Å². The van der Waals surface area contributed by atoms with E-state index in [9.17, 15) is 4.79 Å². The Kier molecular flexibility index (Phi) is 4.88. The molecule has 0 spiro atoms. The molecule has 2 atom stereocenters. The van der Waals surface area contributed by atoms with Gasteiger partial charge in [0.05, 0.1) is 5.56 Å². The number of carbonyl (C=O) groups is 1. The number of thioether (sulfide) groups is 1. The second-order valence-electron chi connectivity index (χ2n) is 5.21. The summed E-state index contributed by atoms with van der Waals surface area (Å²) in [4.78, 5) is 15.6. The lowest BCUT2D eigenvalue weighted by atomic mass is 9.92. The van der Waals surface area contributed by atoms with Crippen molar-refractivity contribution in [3.05, 3.63) is 29.8 Å². The van der Waals surface area contributed by atoms with Gasteiger partial charge in [0.25, 0.3) is 5.91 Å². The highest BCUT2D eigenvalue weighted by Crippen LogP contribution is 2.25. The van der Waals surface area contributed by atoms with E-state index in [2.05, 4.69) is 0 Å². The number of benzene rings is 1. The maximum Gasteiger partial charge on any atom is 0.254 e. The molecule has 1 fully saturated rings. The number of rotatable bonds is 3. The van der Waals surface area contributed by atoms with Gasteiger partial charge in [0.1, 0.15) is 0 Å². The number of amides is 1. The van der Waals surface area contributed by atoms with Crippen LogP contribution in [0.3, 0.4) is 0 Å². The van der Waals surface area contributed by atoms with Gasteiger partial charge in [-0.3, -0.25) is 4.79 Å². The Morgan fingerprint density at radius 1 is 1.47 bits per heavy atom. The molecule has 1 aliphatic rings. The molecule has 1 amide bonds. The summed E-state index contributed by atoms with van der Waals surface area (Å²) in [5, 5.41) is 0. The van der Waals surface area contributed by atoms with Gasteiger partial charge in [-0.15, -0.1) is 11.8 Å². The molecule has 1 heterocycles. The Bertz CT molecular complexity index is 448. The molecule has 0 aliphatic carbocycles. The van der Waals surface area contributed by atoms with E-state index in [1.54, 1.807) is 11.8 Å². The van der Waals surface area contributed by atoms with E-state index in [-0.39, 0.29) is 11.9 Å². The van der Waals surface area contributed by atoms with Crippen molar-refractivity contribution >= 4 is 17.7 Å². The Hall–Kier alpha value is -1.00. The molecule has 1 saturated heterocycles. The van der Waals surface area contributed by atoms with Gasteiger partial charge in [0.15, 0.2) is 0 Å². The number of nitrogens with zero attached hydrogens (tertiary/aromatic N) is 1. The van der Waals surface area contributed by atoms with Crippen LogP contribution < -0.4 is 5.73 Å². The van der Waals surface area contributed by atoms with Gasteiger partial charge in [-0.05, 0) is 44.1 Å². The van der Waals surface area contributed by atoms with Crippen molar-refractivity contribution < 1.29 is 4.79 Å². The van der Waals surface area contributed by atoms with E-state index in [1.165, 1.54) is 0 Å². The molecule has 0 aromatic heterocycles. The molecule has 104 valence electrons. The van der Waals surface area contributed by atoms with Crippen molar-refractivity contribution in [2.24, 2.45) is 11.7 Å². The molecular formula is C15H22N2OS. The molecule has 19 heavy (non-hydrogen) atoms. The summed E-state index contributed by atoms with van der Waals surface area (Å²) in [6, 6.07) is 7.99. The zero-order chi connectivity index (χ0) is 13.8. The highest BCUT2D eigenvalue weighted by Gasteiger charge is 2.27. The van der Waals surface area contributed by atoms with Crippen molar-refractivity contribution in [2.75, 3.05) is 19.3 Å². The van der Waals surface area contributed by atoms with Gasteiger partial charge < -0.3 is 10.6 Å². The Morgan fingerprint density at radius 3 is 2.89 bits per heavy atom. The Balaban J connectivity index is 2.15. The number of carbonyl (C=O) groups excluding carboxylic acids is 1. The summed E-state index contributed by atoms with van der Waals surface area (Å²) in [5.41, 5.74) is 6.80. The quantitative estimate of drug-likeness (QED) is 0.865. The second-order valence-corrected chi connectivity index (χ2v) is 6.06. The van der Waals surface area contributed by atoms with Crippen LogP contribution in [-0.4, -0.2) is 36.2 Å². The molecule has 3 nitrogen and oxygen atoms in total. The van der Waals surface area contributed by atoms with E-state index in [4.69, 9.17) is 5.73 Å². The minimum absolute atomic E-state index is 0.148. The van der Waals surface area contributed by atoms with Crippen molar-refractivity contribution in [1.82, 2.24) is 4.90 Å². The molecule has 4 heteroatoms. The van der Waals surface area contributed by atoms with Crippen LogP contribution in [0, 0.1) is 5.92 Å². The van der Waals surface area contributed by atoms with E-state index in [1.807, 2.05) is 42.3 Å². The fourth-order valence-electron chi connectivity index (χ4n) is 2.62. The standard InChI is InChI=1S/C15H22N2OS/c1-11(16)12-6-5-9-17(10-12)15(18)13-7-3-4-8-14(13)19-2/h3-4,7-8,11-12H,5-6,9-10,16H2,1-2H3. The van der Waals surface area contributed by atoms with Crippen LogP contribution in [0.5, 0.6) is 0 Å². The smallest absolute Gasteiger partial charge is 0.254 e. The first-order valence-electron chi connectivity index (χ1n) is 6.81. The first-order chi connectivity index (χ1) is 9.13. The van der Waals surface area contributed by atoms with E-state index in [0.29, 0.717) is 5.92 Å². The summed E-state index contributed by atoms with van der Waals surface area (Å²) in [6.07, 6.45) is 4.19. The fraction of sp³-hybridized carbons (Fsp3) is 0.533. The summed E-state index contributed by atoms with van der Waals surface area (Å²) in [5.74, 6) is 0.578. The van der Waals surface area contributed by atoms with Crippen molar-refractivity contribution in [1.29, 1.82) is 0 Å². The molecule has 0 saturated carbocycles. The highest BCUT2D eigenvalue weighted by molar-refractivity contribution is 7.98. The molecular weight excluding hydrogens is 256 g/mol. The zero-order valence-corrected chi connectivity index (χ0v) is 12.5. The van der Waals surface area contributed by atoms with Gasteiger partial charge in [-0.2, -0.15) is 0 Å². The van der Waals surface area contributed by atoms with Crippen LogP contribution in [-0.2, 0) is 0 Å². The summed E-state index contributed by atoms with van der Waals surface area (Å²) < 4.78 is 0. The molecule has 0 radical (unpaired) electrons. The summed E-state index contributed by atoms with van der Waals surface area (Å²) in [6.45, 7) is 3.68. The number of hydrogen-bond donors (Lipinski definition) is 1. The first kappa shape index (κ1) is 14.4. The fourth-order valence-corrected chi connectivity index (χ4v) is 3.21. The minimum atomic E-state index is 0.148. The third-order valence-electron chi connectivity index (χ3n) is 3.83. The maximum atomic E-state index is 12.6. The molecule has 1 aromatic carbocycles.